The quantitative estimate of drug-likeness (QED) is 0.348. The molecule has 0 atom stereocenters. The molecule has 0 saturated heterocycles. The van der Waals surface area contributed by atoms with Gasteiger partial charge in [-0.05, 0) is 35.9 Å². The van der Waals surface area contributed by atoms with Crippen molar-refractivity contribution in [1.82, 2.24) is 25.0 Å². The zero-order valence-corrected chi connectivity index (χ0v) is 17.4. The van der Waals surface area contributed by atoms with Crippen molar-refractivity contribution in [2.75, 3.05) is 0 Å². The highest BCUT2D eigenvalue weighted by Crippen LogP contribution is 2.33. The number of fused-ring (bicyclic) bond motifs is 1. The fourth-order valence-corrected chi connectivity index (χ4v) is 3.82. The van der Waals surface area contributed by atoms with Gasteiger partial charge in [0.1, 0.15) is 10.8 Å². The van der Waals surface area contributed by atoms with E-state index in [1.54, 1.807) is 12.1 Å². The molecule has 3 aromatic heterocycles. The van der Waals surface area contributed by atoms with E-state index >= 15 is 0 Å². The molecule has 0 spiro atoms. The van der Waals surface area contributed by atoms with Gasteiger partial charge in [0, 0.05) is 23.2 Å². The zero-order valence-electron chi connectivity index (χ0n) is 15.9. The molecule has 0 saturated carbocycles. The number of carbonyl (C=O) groups excluding carboxylic acids is 1. The van der Waals surface area contributed by atoms with E-state index in [0.717, 1.165) is 11.1 Å². The molecule has 5 aromatic rings. The van der Waals surface area contributed by atoms with Crippen LogP contribution in [0, 0.1) is 0 Å². The van der Waals surface area contributed by atoms with Crippen molar-refractivity contribution < 1.29 is 9.21 Å². The van der Waals surface area contributed by atoms with Crippen LogP contribution in [0.4, 0.5) is 0 Å². The molecule has 0 aliphatic heterocycles. The largest absolute Gasteiger partial charge is 0.412 e. The molecule has 152 valence electrons. The molecule has 0 N–H and O–H groups in total. The highest BCUT2D eigenvalue weighted by atomic mass is 35.5. The number of hydrogen-bond acceptors (Lipinski definition) is 6. The molecule has 2 aromatic carbocycles. The summed E-state index contributed by atoms with van der Waals surface area (Å²) in [4.78, 5) is 13.3. The molecule has 0 fully saturated rings. The first kappa shape index (κ1) is 19.4. The molecule has 0 aliphatic rings. The minimum atomic E-state index is -0.460. The molecule has 0 bridgehead atoms. The van der Waals surface area contributed by atoms with E-state index in [1.807, 2.05) is 53.1 Å². The second-order valence-electron chi connectivity index (χ2n) is 6.75. The van der Waals surface area contributed by atoms with E-state index in [9.17, 15) is 4.79 Å². The molecule has 0 aliphatic carbocycles. The number of rotatable bonds is 5. The summed E-state index contributed by atoms with van der Waals surface area (Å²) in [5, 5.41) is 17.2. The lowest BCUT2D eigenvalue weighted by atomic mass is 10.1. The molecule has 7 nitrogen and oxygen atoms in total. The Kier molecular flexibility index (Phi) is 4.97. The van der Waals surface area contributed by atoms with E-state index in [1.165, 1.54) is 6.20 Å². The van der Waals surface area contributed by atoms with E-state index in [2.05, 4.69) is 20.4 Å². The van der Waals surface area contributed by atoms with Crippen LogP contribution in [0.25, 0.3) is 22.5 Å². The lowest BCUT2D eigenvalue weighted by Crippen LogP contribution is -2.04. The number of ketones is 1. The standard InChI is InChI=1S/C22H13Cl2N5O2/c23-14-9-7-13(8-10-14)12-29-17-6-2-1-4-15(17)18(20(29)24)19(30)22-28-27-21(31-22)16-5-3-11-25-26-16/h1-11H,12H2. The Labute approximate surface area is 186 Å². The summed E-state index contributed by atoms with van der Waals surface area (Å²) >= 11 is 12.7. The van der Waals surface area contributed by atoms with E-state index < -0.39 is 5.78 Å². The van der Waals surface area contributed by atoms with Gasteiger partial charge < -0.3 is 8.98 Å². The van der Waals surface area contributed by atoms with Gasteiger partial charge in [0.25, 0.3) is 17.6 Å². The predicted octanol–water partition coefficient (Wildman–Crippen LogP) is 5.07. The van der Waals surface area contributed by atoms with Crippen molar-refractivity contribution in [2.45, 2.75) is 6.54 Å². The summed E-state index contributed by atoms with van der Waals surface area (Å²) in [6.45, 7) is 0.471. The highest BCUT2D eigenvalue weighted by molar-refractivity contribution is 6.36. The Balaban J connectivity index is 1.57. The van der Waals surface area contributed by atoms with Crippen LogP contribution < -0.4 is 0 Å². The second kappa shape index (κ2) is 7.94. The summed E-state index contributed by atoms with van der Waals surface area (Å²) in [6.07, 6.45) is 1.53. The van der Waals surface area contributed by atoms with Crippen LogP contribution >= 0.6 is 23.2 Å². The first-order valence-corrected chi connectivity index (χ1v) is 10.0. The third-order valence-corrected chi connectivity index (χ3v) is 5.44. The lowest BCUT2D eigenvalue weighted by molar-refractivity contribution is 0.100. The molecule has 0 radical (unpaired) electrons. The van der Waals surface area contributed by atoms with Crippen LogP contribution in [0.1, 0.15) is 21.8 Å². The van der Waals surface area contributed by atoms with Crippen LogP contribution in [0.15, 0.2) is 71.3 Å². The predicted molar refractivity (Wildman–Crippen MR) is 116 cm³/mol. The topological polar surface area (TPSA) is 86.7 Å². The maximum Gasteiger partial charge on any atom is 0.289 e. The average molecular weight is 450 g/mol. The van der Waals surface area contributed by atoms with Gasteiger partial charge in [-0.1, -0.05) is 53.5 Å². The van der Waals surface area contributed by atoms with Crippen LogP contribution in [0.5, 0.6) is 0 Å². The number of halogens is 2. The number of aromatic nitrogens is 5. The first-order valence-electron chi connectivity index (χ1n) is 9.29. The molecule has 0 unspecified atom stereocenters. The zero-order chi connectivity index (χ0) is 21.4. The van der Waals surface area contributed by atoms with Crippen LogP contribution in [-0.2, 0) is 6.54 Å². The number of para-hydroxylation sites is 1. The smallest absolute Gasteiger partial charge is 0.289 e. The van der Waals surface area contributed by atoms with Gasteiger partial charge in [0.15, 0.2) is 0 Å². The fraction of sp³-hybridized carbons (Fsp3) is 0.0455. The minimum Gasteiger partial charge on any atom is -0.412 e. The Bertz CT molecular complexity index is 1390. The summed E-state index contributed by atoms with van der Waals surface area (Å²) in [6, 6.07) is 18.3. The maximum absolute atomic E-state index is 13.3. The molecular formula is C22H13Cl2N5O2. The number of nitrogens with zero attached hydrogens (tertiary/aromatic N) is 5. The van der Waals surface area contributed by atoms with Crippen molar-refractivity contribution in [3.05, 3.63) is 94.1 Å². The molecule has 5 rings (SSSR count). The van der Waals surface area contributed by atoms with Gasteiger partial charge >= 0.3 is 0 Å². The van der Waals surface area contributed by atoms with E-state index in [-0.39, 0.29) is 11.8 Å². The third-order valence-electron chi connectivity index (χ3n) is 4.80. The fourth-order valence-electron chi connectivity index (χ4n) is 3.36. The lowest BCUT2D eigenvalue weighted by Gasteiger charge is -2.07. The van der Waals surface area contributed by atoms with Gasteiger partial charge in [-0.25, -0.2) is 0 Å². The van der Waals surface area contributed by atoms with Crippen molar-refractivity contribution in [3.8, 4) is 11.6 Å². The molecular weight excluding hydrogens is 437 g/mol. The number of hydrogen-bond donors (Lipinski definition) is 0. The Morgan fingerprint density at radius 2 is 1.74 bits per heavy atom. The van der Waals surface area contributed by atoms with Crippen molar-refractivity contribution >= 4 is 39.9 Å². The summed E-state index contributed by atoms with van der Waals surface area (Å²) in [7, 11) is 0. The molecule has 9 heteroatoms. The molecule has 3 heterocycles. The van der Waals surface area contributed by atoms with Gasteiger partial charge in [0.05, 0.1) is 11.1 Å². The number of carbonyl (C=O) groups is 1. The second-order valence-corrected chi connectivity index (χ2v) is 7.54. The van der Waals surface area contributed by atoms with Gasteiger partial charge in [0.2, 0.25) is 0 Å². The minimum absolute atomic E-state index is 0.109. The monoisotopic (exact) mass is 449 g/mol. The van der Waals surface area contributed by atoms with Gasteiger partial charge in [-0.3, -0.25) is 4.79 Å². The molecule has 0 amide bonds. The Hall–Kier alpha value is -3.55. The van der Waals surface area contributed by atoms with Crippen LogP contribution in [0.2, 0.25) is 10.2 Å². The summed E-state index contributed by atoms with van der Waals surface area (Å²) in [5.41, 5.74) is 2.50. The first-order chi connectivity index (χ1) is 15.1. The average Bonchev–Trinajstić information content (AvgIpc) is 3.40. The van der Waals surface area contributed by atoms with Crippen molar-refractivity contribution in [1.29, 1.82) is 0 Å². The normalized spacial score (nSPS) is 11.2. The number of benzene rings is 2. The van der Waals surface area contributed by atoms with Crippen LogP contribution in [-0.4, -0.2) is 30.7 Å². The third kappa shape index (κ3) is 3.58. The highest BCUT2D eigenvalue weighted by Gasteiger charge is 2.27. The van der Waals surface area contributed by atoms with Gasteiger partial charge in [-0.2, -0.15) is 5.10 Å². The van der Waals surface area contributed by atoms with E-state index in [4.69, 9.17) is 27.6 Å². The maximum atomic E-state index is 13.3. The van der Waals surface area contributed by atoms with Gasteiger partial charge in [-0.15, -0.1) is 15.3 Å². The van der Waals surface area contributed by atoms with Crippen LogP contribution in [0.3, 0.4) is 0 Å². The van der Waals surface area contributed by atoms with Crippen molar-refractivity contribution in [3.63, 3.8) is 0 Å². The summed E-state index contributed by atoms with van der Waals surface area (Å²) in [5.74, 6) is -0.520. The molecule has 31 heavy (non-hydrogen) atoms. The summed E-state index contributed by atoms with van der Waals surface area (Å²) < 4.78 is 7.44. The SMILES string of the molecule is O=C(c1nnc(-c2cccnn2)o1)c1c(Cl)n(Cc2ccc(Cl)cc2)c2ccccc12. The Morgan fingerprint density at radius 1 is 0.935 bits per heavy atom. The van der Waals surface area contributed by atoms with E-state index in [0.29, 0.717) is 33.4 Å². The Morgan fingerprint density at radius 3 is 2.52 bits per heavy atom. The van der Waals surface area contributed by atoms with Crippen molar-refractivity contribution in [2.24, 2.45) is 0 Å².